The van der Waals surface area contributed by atoms with E-state index < -0.39 is 21.8 Å². The number of nitrogens with zero attached hydrogens (tertiary/aromatic N) is 1. The third-order valence-electron chi connectivity index (χ3n) is 4.28. The first-order valence-electron chi connectivity index (χ1n) is 8.30. The van der Waals surface area contributed by atoms with Gasteiger partial charge in [-0.3, -0.25) is 13.9 Å². The second-order valence-corrected chi connectivity index (χ2v) is 8.54. The maximum absolute atomic E-state index is 12.5. The van der Waals surface area contributed by atoms with Gasteiger partial charge in [-0.1, -0.05) is 23.7 Å². The van der Waals surface area contributed by atoms with Gasteiger partial charge in [0.1, 0.15) is 0 Å². The van der Waals surface area contributed by atoms with E-state index in [-0.39, 0.29) is 27.6 Å². The van der Waals surface area contributed by atoms with Crippen LogP contribution in [0.1, 0.15) is 33.6 Å². The second-order valence-electron chi connectivity index (χ2n) is 6.12. The zero-order valence-electron chi connectivity index (χ0n) is 14.3. The van der Waals surface area contributed by atoms with E-state index in [0.29, 0.717) is 18.7 Å². The number of benzene rings is 2. The number of hydrogen-bond donors (Lipinski definition) is 2. The van der Waals surface area contributed by atoms with E-state index in [1.807, 2.05) is 0 Å². The maximum Gasteiger partial charge on any atom is 0.257 e. The molecule has 0 unspecified atom stereocenters. The Labute approximate surface area is 162 Å². The fourth-order valence-corrected chi connectivity index (χ4v) is 4.81. The number of amides is 2. The lowest BCUT2D eigenvalue weighted by Gasteiger charge is -2.28. The topological polar surface area (TPSA) is 110 Å². The molecule has 0 aliphatic carbocycles. The Balaban J connectivity index is 1.86. The number of anilines is 2. The van der Waals surface area contributed by atoms with E-state index in [1.165, 1.54) is 22.5 Å². The van der Waals surface area contributed by atoms with Gasteiger partial charge in [0.25, 0.3) is 11.8 Å². The van der Waals surface area contributed by atoms with Gasteiger partial charge in [-0.05, 0) is 43.2 Å². The molecule has 27 heavy (non-hydrogen) atoms. The zero-order valence-corrected chi connectivity index (χ0v) is 15.9. The van der Waals surface area contributed by atoms with E-state index in [4.69, 9.17) is 17.3 Å². The van der Waals surface area contributed by atoms with Crippen LogP contribution in [-0.4, -0.2) is 32.5 Å². The third-order valence-corrected chi connectivity index (χ3v) is 6.46. The van der Waals surface area contributed by atoms with Gasteiger partial charge in [-0.2, -0.15) is 0 Å². The molecule has 1 aliphatic heterocycles. The molecule has 3 rings (SSSR count). The van der Waals surface area contributed by atoms with Crippen molar-refractivity contribution in [1.29, 1.82) is 0 Å². The van der Waals surface area contributed by atoms with Crippen molar-refractivity contribution in [3.8, 4) is 0 Å². The summed E-state index contributed by atoms with van der Waals surface area (Å²) in [4.78, 5) is 24.0. The van der Waals surface area contributed by atoms with Crippen molar-refractivity contribution in [2.45, 2.75) is 12.8 Å². The van der Waals surface area contributed by atoms with Crippen molar-refractivity contribution in [3.05, 3.63) is 58.6 Å². The number of sulfonamides is 1. The monoisotopic (exact) mass is 407 g/mol. The van der Waals surface area contributed by atoms with Crippen LogP contribution < -0.4 is 15.4 Å². The lowest BCUT2D eigenvalue weighted by Crippen LogP contribution is -2.37. The summed E-state index contributed by atoms with van der Waals surface area (Å²) in [5.74, 6) is -1.10. The van der Waals surface area contributed by atoms with E-state index in [0.717, 1.165) is 6.42 Å². The molecule has 2 aromatic carbocycles. The van der Waals surface area contributed by atoms with E-state index in [2.05, 4.69) is 5.32 Å². The third kappa shape index (κ3) is 4.06. The van der Waals surface area contributed by atoms with Gasteiger partial charge in [-0.25, -0.2) is 8.42 Å². The van der Waals surface area contributed by atoms with Gasteiger partial charge in [0.15, 0.2) is 0 Å². The number of nitrogens with two attached hydrogens (primary N) is 1. The van der Waals surface area contributed by atoms with Gasteiger partial charge >= 0.3 is 0 Å². The van der Waals surface area contributed by atoms with Crippen LogP contribution in [0.15, 0.2) is 42.5 Å². The lowest BCUT2D eigenvalue weighted by atomic mass is 10.1. The quantitative estimate of drug-likeness (QED) is 0.811. The molecule has 0 spiro atoms. The molecule has 3 N–H and O–H groups in total. The summed E-state index contributed by atoms with van der Waals surface area (Å²) in [5, 5.41) is 2.72. The number of halogens is 1. The van der Waals surface area contributed by atoms with Crippen LogP contribution >= 0.6 is 11.6 Å². The summed E-state index contributed by atoms with van der Waals surface area (Å²) in [6, 6.07) is 10.8. The first-order valence-corrected chi connectivity index (χ1v) is 10.3. The Hall–Kier alpha value is -2.58. The molecule has 0 radical (unpaired) electrons. The van der Waals surface area contributed by atoms with Crippen LogP contribution in [0.3, 0.4) is 0 Å². The van der Waals surface area contributed by atoms with Gasteiger partial charge in [0.05, 0.1) is 33.3 Å². The average Bonchev–Trinajstić information content (AvgIpc) is 2.61. The summed E-state index contributed by atoms with van der Waals surface area (Å²) < 4.78 is 25.7. The fourth-order valence-electron chi connectivity index (χ4n) is 2.92. The molecule has 2 amide bonds. The van der Waals surface area contributed by atoms with Crippen LogP contribution in [-0.2, 0) is 10.0 Å². The number of carbonyl (C=O) groups is 2. The summed E-state index contributed by atoms with van der Waals surface area (Å²) in [6.45, 7) is 0.385. The minimum absolute atomic E-state index is 0.0940. The molecule has 142 valence electrons. The summed E-state index contributed by atoms with van der Waals surface area (Å²) in [5.41, 5.74) is 6.34. The Morgan fingerprint density at radius 2 is 1.81 bits per heavy atom. The molecule has 0 aromatic heterocycles. The number of para-hydroxylation sites is 1. The number of nitrogens with one attached hydrogen (secondary N) is 1. The second kappa shape index (κ2) is 7.58. The van der Waals surface area contributed by atoms with E-state index in [1.54, 1.807) is 24.3 Å². The highest BCUT2D eigenvalue weighted by Crippen LogP contribution is 2.29. The van der Waals surface area contributed by atoms with Crippen molar-refractivity contribution in [3.63, 3.8) is 0 Å². The van der Waals surface area contributed by atoms with Gasteiger partial charge in [-0.15, -0.1) is 0 Å². The van der Waals surface area contributed by atoms with E-state index >= 15 is 0 Å². The molecule has 7 nitrogen and oxygen atoms in total. The number of carbonyl (C=O) groups excluding carboxylic acids is 2. The van der Waals surface area contributed by atoms with Crippen LogP contribution in [0.5, 0.6) is 0 Å². The van der Waals surface area contributed by atoms with Crippen LogP contribution in [0, 0.1) is 0 Å². The van der Waals surface area contributed by atoms with Crippen molar-refractivity contribution in [2.75, 3.05) is 21.9 Å². The molecule has 0 bridgehead atoms. The minimum atomic E-state index is -3.37. The molecule has 9 heteroatoms. The first kappa shape index (κ1) is 19.2. The van der Waals surface area contributed by atoms with Crippen LogP contribution in [0.25, 0.3) is 0 Å². The minimum Gasteiger partial charge on any atom is -0.366 e. The summed E-state index contributed by atoms with van der Waals surface area (Å²) >= 11 is 6.23. The predicted octanol–water partition coefficient (Wildman–Crippen LogP) is 2.62. The molecule has 1 heterocycles. The standard InChI is InChI=1S/C18H18ClN3O4S/c19-15-11-12(22-9-3-4-10-27(22,25)26)7-8-13(15)18(24)21-16-6-2-1-5-14(16)17(20)23/h1-2,5-8,11H,3-4,9-10H2,(H2,20,23)(H,21,24). The van der Waals surface area contributed by atoms with Gasteiger partial charge in [0.2, 0.25) is 10.0 Å². The Kier molecular flexibility index (Phi) is 5.38. The first-order chi connectivity index (χ1) is 12.8. The molecule has 2 aromatic rings. The molecule has 1 fully saturated rings. The van der Waals surface area contributed by atoms with Crippen LogP contribution in [0.4, 0.5) is 11.4 Å². The average molecular weight is 408 g/mol. The fraction of sp³-hybridized carbons (Fsp3) is 0.222. The molecular weight excluding hydrogens is 390 g/mol. The smallest absolute Gasteiger partial charge is 0.257 e. The predicted molar refractivity (Wildman–Crippen MR) is 105 cm³/mol. The van der Waals surface area contributed by atoms with Crippen LogP contribution in [0.2, 0.25) is 5.02 Å². The maximum atomic E-state index is 12.5. The molecule has 0 saturated carbocycles. The molecule has 0 atom stereocenters. The van der Waals surface area contributed by atoms with Crippen molar-refractivity contribution >= 4 is 44.8 Å². The molecular formula is C18H18ClN3O4S. The zero-order chi connectivity index (χ0) is 19.6. The van der Waals surface area contributed by atoms with Crippen molar-refractivity contribution in [1.82, 2.24) is 0 Å². The lowest BCUT2D eigenvalue weighted by molar-refractivity contribution is 0.100. The highest BCUT2D eigenvalue weighted by Gasteiger charge is 2.27. The number of hydrogen-bond acceptors (Lipinski definition) is 4. The van der Waals surface area contributed by atoms with E-state index in [9.17, 15) is 18.0 Å². The highest BCUT2D eigenvalue weighted by molar-refractivity contribution is 7.92. The number of primary amides is 1. The Morgan fingerprint density at radius 1 is 1.07 bits per heavy atom. The largest absolute Gasteiger partial charge is 0.366 e. The van der Waals surface area contributed by atoms with Gasteiger partial charge < -0.3 is 11.1 Å². The SMILES string of the molecule is NC(=O)c1ccccc1NC(=O)c1ccc(N2CCCCS2(=O)=O)cc1Cl. The number of rotatable bonds is 4. The highest BCUT2D eigenvalue weighted by atomic mass is 35.5. The molecule has 1 aliphatic rings. The van der Waals surface area contributed by atoms with Crippen molar-refractivity contribution < 1.29 is 18.0 Å². The van der Waals surface area contributed by atoms with Crippen molar-refractivity contribution in [2.24, 2.45) is 5.73 Å². The van der Waals surface area contributed by atoms with Gasteiger partial charge in [0, 0.05) is 6.54 Å². The Bertz CT molecular complexity index is 1010. The normalized spacial score (nSPS) is 16.0. The Morgan fingerprint density at radius 3 is 2.48 bits per heavy atom. The molecule has 1 saturated heterocycles. The summed E-state index contributed by atoms with van der Waals surface area (Å²) in [7, 11) is -3.37. The summed E-state index contributed by atoms with van der Waals surface area (Å²) in [6.07, 6.45) is 1.40.